The van der Waals surface area contributed by atoms with Crippen LogP contribution in [0.25, 0.3) is 0 Å². The van der Waals surface area contributed by atoms with Crippen LogP contribution in [0.15, 0.2) is 0 Å². The van der Waals surface area contributed by atoms with Crippen molar-refractivity contribution in [2.75, 3.05) is 26.2 Å². The molecule has 2 atom stereocenters. The summed E-state index contributed by atoms with van der Waals surface area (Å²) in [5.41, 5.74) is 0. The van der Waals surface area contributed by atoms with Crippen molar-refractivity contribution in [3.63, 3.8) is 0 Å². The molecule has 0 saturated carbocycles. The van der Waals surface area contributed by atoms with Crippen LogP contribution in [0.1, 0.15) is 59.3 Å². The van der Waals surface area contributed by atoms with Crippen molar-refractivity contribution in [2.24, 2.45) is 5.92 Å². The average Bonchev–Trinajstić information content (AvgIpc) is 2.55. The molecule has 2 unspecified atom stereocenters. The Labute approximate surface area is 108 Å². The predicted octanol–water partition coefficient (Wildman–Crippen LogP) is 3.28. The van der Waals surface area contributed by atoms with Gasteiger partial charge in [-0.2, -0.15) is 0 Å². The largest absolute Gasteiger partial charge is 0.313 e. The first-order chi connectivity index (χ1) is 8.26. The molecule has 0 aromatic rings. The summed E-state index contributed by atoms with van der Waals surface area (Å²) in [6.45, 7) is 11.9. The van der Waals surface area contributed by atoms with Crippen LogP contribution in [0, 0.1) is 5.92 Å². The second-order valence-electron chi connectivity index (χ2n) is 5.69. The lowest BCUT2D eigenvalue weighted by Gasteiger charge is -2.21. The third kappa shape index (κ3) is 6.42. The van der Waals surface area contributed by atoms with Gasteiger partial charge in [0, 0.05) is 19.1 Å². The van der Waals surface area contributed by atoms with Gasteiger partial charge in [-0.25, -0.2) is 0 Å². The van der Waals surface area contributed by atoms with E-state index < -0.39 is 0 Å². The van der Waals surface area contributed by atoms with Crippen LogP contribution in [0.3, 0.4) is 0 Å². The summed E-state index contributed by atoms with van der Waals surface area (Å²) in [4.78, 5) is 2.66. The van der Waals surface area contributed by atoms with E-state index in [1.54, 1.807) is 0 Å². The van der Waals surface area contributed by atoms with Crippen molar-refractivity contribution in [2.45, 2.75) is 65.3 Å². The van der Waals surface area contributed by atoms with Crippen LogP contribution in [-0.2, 0) is 0 Å². The zero-order chi connectivity index (χ0) is 12.5. The summed E-state index contributed by atoms with van der Waals surface area (Å²) in [5.74, 6) is 1.01. The van der Waals surface area contributed by atoms with Gasteiger partial charge >= 0.3 is 0 Å². The van der Waals surface area contributed by atoms with Gasteiger partial charge in [0.2, 0.25) is 0 Å². The zero-order valence-electron chi connectivity index (χ0n) is 12.2. The van der Waals surface area contributed by atoms with E-state index in [2.05, 4.69) is 31.0 Å². The van der Waals surface area contributed by atoms with Gasteiger partial charge in [-0.3, -0.25) is 0 Å². The van der Waals surface area contributed by atoms with E-state index in [1.807, 2.05) is 0 Å². The first-order valence-electron chi connectivity index (χ1n) is 7.72. The molecule has 1 N–H and O–H groups in total. The van der Waals surface area contributed by atoms with Crippen molar-refractivity contribution in [1.29, 1.82) is 0 Å². The predicted molar refractivity (Wildman–Crippen MR) is 76.4 cm³/mol. The van der Waals surface area contributed by atoms with Crippen molar-refractivity contribution in [3.8, 4) is 0 Å². The molecule has 1 heterocycles. The Kier molecular flexibility index (Phi) is 7.87. The van der Waals surface area contributed by atoms with Gasteiger partial charge in [-0.15, -0.1) is 0 Å². The standard InChI is InChI=1S/C15H32N2/c1-4-7-15-8-6-11-17(12-9-15)13-10-16-14(3)5-2/h14-16H,4-13H2,1-3H3. The number of hydrogen-bond acceptors (Lipinski definition) is 2. The fraction of sp³-hybridized carbons (Fsp3) is 1.00. The number of rotatable bonds is 7. The molecule has 0 aromatic heterocycles. The zero-order valence-corrected chi connectivity index (χ0v) is 12.2. The minimum absolute atomic E-state index is 0.676. The van der Waals surface area contributed by atoms with Gasteiger partial charge in [-0.05, 0) is 51.6 Å². The normalized spacial score (nSPS) is 24.5. The van der Waals surface area contributed by atoms with Crippen molar-refractivity contribution in [1.82, 2.24) is 10.2 Å². The Morgan fingerprint density at radius 1 is 1.24 bits per heavy atom. The van der Waals surface area contributed by atoms with E-state index in [0.717, 1.165) is 12.5 Å². The van der Waals surface area contributed by atoms with E-state index >= 15 is 0 Å². The quantitative estimate of drug-likeness (QED) is 0.735. The SMILES string of the molecule is CCCC1CCCN(CCNC(C)CC)CC1. The lowest BCUT2D eigenvalue weighted by molar-refractivity contribution is 0.274. The summed E-state index contributed by atoms with van der Waals surface area (Å²) < 4.78 is 0. The molecule has 1 saturated heterocycles. The van der Waals surface area contributed by atoms with Crippen LogP contribution in [0.4, 0.5) is 0 Å². The van der Waals surface area contributed by atoms with Gasteiger partial charge in [0.1, 0.15) is 0 Å². The molecular formula is C15H32N2. The highest BCUT2D eigenvalue weighted by molar-refractivity contribution is 4.71. The topological polar surface area (TPSA) is 15.3 Å². The Morgan fingerprint density at radius 3 is 2.76 bits per heavy atom. The van der Waals surface area contributed by atoms with Gasteiger partial charge in [0.15, 0.2) is 0 Å². The molecule has 0 bridgehead atoms. The van der Waals surface area contributed by atoms with Crippen LogP contribution in [0.2, 0.25) is 0 Å². The van der Waals surface area contributed by atoms with Gasteiger partial charge < -0.3 is 10.2 Å². The summed E-state index contributed by atoms with van der Waals surface area (Å²) in [5, 5.41) is 3.59. The van der Waals surface area contributed by atoms with Crippen LogP contribution >= 0.6 is 0 Å². The first kappa shape index (κ1) is 15.0. The molecule has 1 aliphatic heterocycles. The molecule has 0 aliphatic carbocycles. The summed E-state index contributed by atoms with van der Waals surface area (Å²) in [6, 6.07) is 0.676. The molecule has 0 spiro atoms. The maximum atomic E-state index is 3.59. The lowest BCUT2D eigenvalue weighted by Crippen LogP contribution is -2.36. The second kappa shape index (κ2) is 8.93. The third-order valence-corrected chi connectivity index (χ3v) is 4.17. The van der Waals surface area contributed by atoms with Crippen LogP contribution in [0.5, 0.6) is 0 Å². The number of nitrogens with one attached hydrogen (secondary N) is 1. The van der Waals surface area contributed by atoms with Crippen molar-refractivity contribution < 1.29 is 0 Å². The number of nitrogens with zero attached hydrogens (tertiary/aromatic N) is 1. The highest BCUT2D eigenvalue weighted by Gasteiger charge is 2.15. The van der Waals surface area contributed by atoms with E-state index in [9.17, 15) is 0 Å². The molecule has 2 heteroatoms. The molecule has 1 aliphatic rings. The summed E-state index contributed by atoms with van der Waals surface area (Å²) >= 11 is 0. The fourth-order valence-electron chi connectivity index (χ4n) is 2.76. The van der Waals surface area contributed by atoms with E-state index in [-0.39, 0.29) is 0 Å². The number of likely N-dealkylation sites (tertiary alicyclic amines) is 1. The van der Waals surface area contributed by atoms with E-state index in [4.69, 9.17) is 0 Å². The van der Waals surface area contributed by atoms with Crippen LogP contribution < -0.4 is 5.32 Å². The molecule has 102 valence electrons. The van der Waals surface area contributed by atoms with Crippen LogP contribution in [-0.4, -0.2) is 37.1 Å². The van der Waals surface area contributed by atoms with E-state index in [0.29, 0.717) is 6.04 Å². The van der Waals surface area contributed by atoms with E-state index in [1.165, 1.54) is 58.2 Å². The lowest BCUT2D eigenvalue weighted by atomic mass is 9.96. The van der Waals surface area contributed by atoms with Gasteiger partial charge in [0.05, 0.1) is 0 Å². The minimum Gasteiger partial charge on any atom is -0.313 e. The third-order valence-electron chi connectivity index (χ3n) is 4.17. The Bertz CT molecular complexity index is 182. The molecule has 17 heavy (non-hydrogen) atoms. The average molecular weight is 240 g/mol. The molecule has 1 rings (SSSR count). The second-order valence-corrected chi connectivity index (χ2v) is 5.69. The molecular weight excluding hydrogens is 208 g/mol. The van der Waals surface area contributed by atoms with Crippen molar-refractivity contribution >= 4 is 0 Å². The number of hydrogen-bond donors (Lipinski definition) is 1. The minimum atomic E-state index is 0.676. The maximum absolute atomic E-state index is 3.59. The van der Waals surface area contributed by atoms with Gasteiger partial charge in [0.25, 0.3) is 0 Å². The highest BCUT2D eigenvalue weighted by atomic mass is 15.1. The molecule has 2 nitrogen and oxygen atoms in total. The van der Waals surface area contributed by atoms with Crippen molar-refractivity contribution in [3.05, 3.63) is 0 Å². The molecule has 0 amide bonds. The Balaban J connectivity index is 2.13. The Morgan fingerprint density at radius 2 is 2.06 bits per heavy atom. The Hall–Kier alpha value is -0.0800. The smallest absolute Gasteiger partial charge is 0.0107 e. The summed E-state index contributed by atoms with van der Waals surface area (Å²) in [6.07, 6.45) is 8.34. The fourth-order valence-corrected chi connectivity index (χ4v) is 2.76. The first-order valence-corrected chi connectivity index (χ1v) is 7.72. The monoisotopic (exact) mass is 240 g/mol. The van der Waals surface area contributed by atoms with Gasteiger partial charge in [-0.1, -0.05) is 26.7 Å². The summed E-state index contributed by atoms with van der Waals surface area (Å²) in [7, 11) is 0. The molecule has 1 fully saturated rings. The maximum Gasteiger partial charge on any atom is 0.0107 e. The molecule has 0 aromatic carbocycles. The highest BCUT2D eigenvalue weighted by Crippen LogP contribution is 2.21. The molecule has 0 radical (unpaired) electrons.